The van der Waals surface area contributed by atoms with Crippen LogP contribution in [0.25, 0.3) is 0 Å². The normalized spacial score (nSPS) is 23.1. The average molecular weight is 283 g/mol. The van der Waals surface area contributed by atoms with Gasteiger partial charge in [-0.05, 0) is 6.07 Å². The number of pyridine rings is 1. The fraction of sp³-hybridized carbons (Fsp3) is 0.400. The highest BCUT2D eigenvalue weighted by molar-refractivity contribution is 5.99. The smallest absolute Gasteiger partial charge is 0.298 e. The predicted molar refractivity (Wildman–Crippen MR) is 67.6 cm³/mol. The molecule has 10 heteroatoms. The predicted octanol–water partition coefficient (Wildman–Crippen LogP) is -1.37. The summed E-state index contributed by atoms with van der Waals surface area (Å²) in [5.41, 5.74) is 4.70. The summed E-state index contributed by atoms with van der Waals surface area (Å²) in [5.74, 6) is -0.202. The van der Waals surface area contributed by atoms with Crippen molar-refractivity contribution >= 4 is 17.3 Å². The van der Waals surface area contributed by atoms with E-state index >= 15 is 0 Å². The number of nitrogens with zero attached hydrogens (tertiary/aromatic N) is 4. The van der Waals surface area contributed by atoms with E-state index in [1.54, 1.807) is 4.90 Å². The number of aliphatic hydroxyl groups is 2. The Bertz CT molecular complexity index is 553. The molecule has 2 heterocycles. The standard InChI is InChI=1S/C10H13N5O5/c11-10(13-18)9-5(15(19)20)1-2-8(12-9)14-3-6(16)7(17)4-14/h1-2,6-7,16-18H,3-4H2,(H2,11,13). The minimum atomic E-state index is -0.917. The summed E-state index contributed by atoms with van der Waals surface area (Å²) in [6.07, 6.45) is -1.83. The minimum absolute atomic E-state index is 0.140. The molecule has 10 nitrogen and oxygen atoms in total. The Morgan fingerprint density at radius 3 is 2.55 bits per heavy atom. The lowest BCUT2D eigenvalue weighted by Crippen LogP contribution is -2.24. The highest BCUT2D eigenvalue weighted by Crippen LogP contribution is 2.24. The minimum Gasteiger partial charge on any atom is -0.409 e. The Morgan fingerprint density at radius 2 is 2.05 bits per heavy atom. The molecular formula is C10H13N5O5. The molecule has 0 saturated carbocycles. The second kappa shape index (κ2) is 5.27. The van der Waals surface area contributed by atoms with Gasteiger partial charge >= 0.3 is 0 Å². The number of amidine groups is 1. The summed E-state index contributed by atoms with van der Waals surface area (Å²) in [6.45, 7) is 0.281. The van der Waals surface area contributed by atoms with E-state index in [1.165, 1.54) is 12.1 Å². The molecule has 5 N–H and O–H groups in total. The summed E-state index contributed by atoms with van der Waals surface area (Å²) in [5, 5.41) is 41.2. The number of anilines is 1. The molecule has 1 aliphatic heterocycles. The lowest BCUT2D eigenvalue weighted by molar-refractivity contribution is -0.385. The van der Waals surface area contributed by atoms with E-state index in [0.29, 0.717) is 0 Å². The zero-order chi connectivity index (χ0) is 14.9. The third-order valence-corrected chi connectivity index (χ3v) is 2.99. The second-order valence-electron chi connectivity index (χ2n) is 4.32. The van der Waals surface area contributed by atoms with Crippen LogP contribution in [0.4, 0.5) is 11.5 Å². The lowest BCUT2D eigenvalue weighted by Gasteiger charge is -2.16. The monoisotopic (exact) mass is 283 g/mol. The van der Waals surface area contributed by atoms with Crippen molar-refractivity contribution in [3.8, 4) is 0 Å². The van der Waals surface area contributed by atoms with Gasteiger partial charge in [0.25, 0.3) is 5.69 Å². The van der Waals surface area contributed by atoms with Crippen molar-refractivity contribution in [3.05, 3.63) is 27.9 Å². The first-order chi connectivity index (χ1) is 9.43. The van der Waals surface area contributed by atoms with E-state index in [1.807, 2.05) is 0 Å². The molecule has 1 aromatic rings. The number of hydrogen-bond acceptors (Lipinski definition) is 8. The Labute approximate surface area is 112 Å². The van der Waals surface area contributed by atoms with Gasteiger partial charge in [0, 0.05) is 19.2 Å². The van der Waals surface area contributed by atoms with Crippen LogP contribution in [0.5, 0.6) is 0 Å². The highest BCUT2D eigenvalue weighted by atomic mass is 16.6. The molecule has 0 aromatic carbocycles. The maximum atomic E-state index is 10.9. The van der Waals surface area contributed by atoms with Gasteiger partial charge in [-0.15, -0.1) is 0 Å². The Morgan fingerprint density at radius 1 is 1.45 bits per heavy atom. The van der Waals surface area contributed by atoms with Crippen LogP contribution in [-0.4, -0.2) is 56.5 Å². The Hall–Kier alpha value is -2.46. The molecule has 2 unspecified atom stereocenters. The third kappa shape index (κ3) is 2.46. The van der Waals surface area contributed by atoms with Crippen molar-refractivity contribution < 1.29 is 20.3 Å². The summed E-state index contributed by atoms with van der Waals surface area (Å²) in [6, 6.07) is 2.55. The lowest BCUT2D eigenvalue weighted by atomic mass is 10.2. The fourth-order valence-electron chi connectivity index (χ4n) is 1.96. The number of hydrogen-bond donors (Lipinski definition) is 4. The first-order valence-electron chi connectivity index (χ1n) is 5.68. The number of aliphatic hydroxyl groups excluding tert-OH is 2. The highest BCUT2D eigenvalue weighted by Gasteiger charge is 2.31. The maximum absolute atomic E-state index is 10.9. The van der Waals surface area contributed by atoms with Crippen molar-refractivity contribution in [2.24, 2.45) is 10.9 Å². The quantitative estimate of drug-likeness (QED) is 0.174. The van der Waals surface area contributed by atoms with Crippen molar-refractivity contribution in [2.75, 3.05) is 18.0 Å². The SMILES string of the molecule is N/C(=N/O)c1nc(N2CC(O)C(O)C2)ccc1[N+](=O)[O-]. The molecular weight excluding hydrogens is 270 g/mol. The molecule has 2 atom stereocenters. The molecule has 1 aromatic heterocycles. The topological polar surface area (TPSA) is 158 Å². The Balaban J connectivity index is 2.40. The largest absolute Gasteiger partial charge is 0.409 e. The van der Waals surface area contributed by atoms with Gasteiger partial charge < -0.3 is 26.1 Å². The number of aromatic nitrogens is 1. The van der Waals surface area contributed by atoms with Gasteiger partial charge in [-0.2, -0.15) is 0 Å². The summed E-state index contributed by atoms with van der Waals surface area (Å²) >= 11 is 0. The van der Waals surface area contributed by atoms with Crippen molar-refractivity contribution in [3.63, 3.8) is 0 Å². The summed E-state index contributed by atoms with van der Waals surface area (Å²) < 4.78 is 0. The van der Waals surface area contributed by atoms with Crippen LogP contribution < -0.4 is 10.6 Å². The molecule has 0 spiro atoms. The number of nitro groups is 1. The number of oxime groups is 1. The van der Waals surface area contributed by atoms with Crippen LogP contribution in [0.3, 0.4) is 0 Å². The van der Waals surface area contributed by atoms with E-state index in [0.717, 1.165) is 0 Å². The van der Waals surface area contributed by atoms with Gasteiger partial charge in [-0.3, -0.25) is 10.1 Å². The Kier molecular flexibility index (Phi) is 3.68. The van der Waals surface area contributed by atoms with Crippen LogP contribution in [0.15, 0.2) is 17.3 Å². The zero-order valence-corrected chi connectivity index (χ0v) is 10.2. The molecule has 0 aliphatic carbocycles. The van der Waals surface area contributed by atoms with Crippen molar-refractivity contribution in [1.82, 2.24) is 4.98 Å². The third-order valence-electron chi connectivity index (χ3n) is 2.99. The van der Waals surface area contributed by atoms with Crippen LogP contribution in [-0.2, 0) is 0 Å². The van der Waals surface area contributed by atoms with Crippen LogP contribution in [0, 0.1) is 10.1 Å². The van der Waals surface area contributed by atoms with Crippen LogP contribution in [0.1, 0.15) is 5.69 Å². The fourth-order valence-corrected chi connectivity index (χ4v) is 1.96. The molecule has 1 aliphatic rings. The molecule has 0 radical (unpaired) electrons. The molecule has 2 rings (SSSR count). The zero-order valence-electron chi connectivity index (χ0n) is 10.2. The van der Waals surface area contributed by atoms with Crippen molar-refractivity contribution in [2.45, 2.75) is 12.2 Å². The van der Waals surface area contributed by atoms with E-state index < -0.39 is 28.7 Å². The van der Waals surface area contributed by atoms with Gasteiger partial charge in [0.1, 0.15) is 5.82 Å². The van der Waals surface area contributed by atoms with E-state index in [4.69, 9.17) is 10.9 Å². The van der Waals surface area contributed by atoms with Crippen molar-refractivity contribution in [1.29, 1.82) is 0 Å². The van der Waals surface area contributed by atoms with E-state index in [9.17, 15) is 20.3 Å². The van der Waals surface area contributed by atoms with Crippen LogP contribution in [0.2, 0.25) is 0 Å². The summed E-state index contributed by atoms with van der Waals surface area (Å²) in [7, 11) is 0. The number of rotatable bonds is 3. The maximum Gasteiger partial charge on any atom is 0.298 e. The first kappa shape index (κ1) is 14.0. The molecule has 108 valence electrons. The van der Waals surface area contributed by atoms with Gasteiger partial charge in [0.15, 0.2) is 11.5 Å². The van der Waals surface area contributed by atoms with E-state index in [2.05, 4.69) is 10.1 Å². The molecule has 1 saturated heterocycles. The summed E-state index contributed by atoms with van der Waals surface area (Å²) in [4.78, 5) is 15.7. The number of β-amino-alcohol motifs (C(OH)–C–C–N with tert-alkyl or cyclic N) is 2. The average Bonchev–Trinajstić information content (AvgIpc) is 2.77. The first-order valence-corrected chi connectivity index (χ1v) is 5.68. The van der Waals surface area contributed by atoms with Gasteiger partial charge in [-0.25, -0.2) is 4.98 Å². The van der Waals surface area contributed by atoms with Crippen LogP contribution >= 0.6 is 0 Å². The van der Waals surface area contributed by atoms with E-state index in [-0.39, 0.29) is 24.6 Å². The molecule has 1 fully saturated rings. The molecule has 0 amide bonds. The van der Waals surface area contributed by atoms with Gasteiger partial charge in [0.05, 0.1) is 17.1 Å². The molecule has 0 bridgehead atoms. The molecule has 20 heavy (non-hydrogen) atoms. The number of nitrogens with two attached hydrogens (primary N) is 1. The van der Waals surface area contributed by atoms with Gasteiger partial charge in [0.2, 0.25) is 0 Å². The van der Waals surface area contributed by atoms with Gasteiger partial charge in [-0.1, -0.05) is 5.16 Å². The second-order valence-corrected chi connectivity index (χ2v) is 4.32.